The molecule has 0 unspecified atom stereocenters. The van der Waals surface area contributed by atoms with Gasteiger partial charge in [0.05, 0.1) is 13.2 Å². The van der Waals surface area contributed by atoms with E-state index >= 15 is 0 Å². The molecule has 1 rings (SSSR count). The minimum Gasteiger partial charge on any atom is -0.444 e. The van der Waals surface area contributed by atoms with Gasteiger partial charge in [-0.3, -0.25) is 4.99 Å². The van der Waals surface area contributed by atoms with Crippen LogP contribution in [0, 0.1) is 0 Å². The molecular weight excluding hydrogens is 318 g/mol. The smallest absolute Gasteiger partial charge is 0.407 e. The van der Waals surface area contributed by atoms with Gasteiger partial charge in [0.15, 0.2) is 0 Å². The van der Waals surface area contributed by atoms with Crippen molar-refractivity contribution in [3.05, 3.63) is 35.4 Å². The van der Waals surface area contributed by atoms with Crippen LogP contribution in [-0.2, 0) is 22.6 Å². The number of carbonyl (C=O) groups is 1. The number of benzene rings is 1. The molecule has 1 aromatic rings. The molecule has 1 amide bonds. The first-order valence-electron chi connectivity index (χ1n) is 8.66. The number of aliphatic imine (C=N–C) groups is 1. The standard InChI is InChI=1S/C19H31N3O3/c1-19(2,3)25-18(23)22-11-13-24-12-5-10-21-15-17-8-6-16(7-9-17)14-20-4/h6-9,21H,4-5,10-15H2,1-3H3,(H,22,23). The molecule has 1 aromatic carbocycles. The zero-order valence-corrected chi connectivity index (χ0v) is 15.6. The average Bonchev–Trinajstić information content (AvgIpc) is 2.53. The van der Waals surface area contributed by atoms with Crippen LogP contribution in [0.2, 0.25) is 0 Å². The van der Waals surface area contributed by atoms with Gasteiger partial charge >= 0.3 is 6.09 Å². The predicted molar refractivity (Wildman–Crippen MR) is 101 cm³/mol. The number of ether oxygens (including phenoxy) is 2. The molecule has 0 aliphatic heterocycles. The van der Waals surface area contributed by atoms with Gasteiger partial charge in [0.25, 0.3) is 0 Å². The molecule has 0 bridgehead atoms. The SMILES string of the molecule is C=NCc1ccc(CNCCCOCCNC(=O)OC(C)(C)C)cc1. The first-order chi connectivity index (χ1) is 11.9. The van der Waals surface area contributed by atoms with Crippen LogP contribution in [0.15, 0.2) is 29.3 Å². The maximum Gasteiger partial charge on any atom is 0.407 e. The van der Waals surface area contributed by atoms with Gasteiger partial charge < -0.3 is 20.1 Å². The van der Waals surface area contributed by atoms with Crippen LogP contribution in [-0.4, -0.2) is 44.7 Å². The van der Waals surface area contributed by atoms with Crippen LogP contribution in [0.4, 0.5) is 4.79 Å². The molecule has 140 valence electrons. The number of hydrogen-bond donors (Lipinski definition) is 2. The minimum atomic E-state index is -0.473. The second kappa shape index (κ2) is 11.6. The van der Waals surface area contributed by atoms with Crippen molar-refractivity contribution in [1.29, 1.82) is 0 Å². The van der Waals surface area contributed by atoms with Crippen LogP contribution in [0.25, 0.3) is 0 Å². The van der Waals surface area contributed by atoms with Crippen LogP contribution < -0.4 is 10.6 Å². The Morgan fingerprint density at radius 2 is 1.80 bits per heavy atom. The molecule has 0 saturated carbocycles. The van der Waals surface area contributed by atoms with Crippen molar-refractivity contribution in [3.63, 3.8) is 0 Å². The van der Waals surface area contributed by atoms with Crippen molar-refractivity contribution < 1.29 is 14.3 Å². The molecule has 0 heterocycles. The summed E-state index contributed by atoms with van der Waals surface area (Å²) in [6.45, 7) is 13.0. The fourth-order valence-corrected chi connectivity index (χ4v) is 2.07. The summed E-state index contributed by atoms with van der Waals surface area (Å²) in [5.74, 6) is 0. The lowest BCUT2D eigenvalue weighted by Gasteiger charge is -2.19. The van der Waals surface area contributed by atoms with Gasteiger partial charge in [0.2, 0.25) is 0 Å². The van der Waals surface area contributed by atoms with E-state index in [1.807, 2.05) is 20.8 Å². The summed E-state index contributed by atoms with van der Waals surface area (Å²) < 4.78 is 10.6. The number of amides is 1. The molecule has 2 N–H and O–H groups in total. The zero-order valence-electron chi connectivity index (χ0n) is 15.6. The van der Waals surface area contributed by atoms with Crippen molar-refractivity contribution in [3.8, 4) is 0 Å². The number of nitrogens with one attached hydrogen (secondary N) is 2. The highest BCUT2D eigenvalue weighted by atomic mass is 16.6. The molecule has 25 heavy (non-hydrogen) atoms. The molecule has 0 spiro atoms. The number of rotatable bonds is 11. The van der Waals surface area contributed by atoms with E-state index in [1.54, 1.807) is 0 Å². The number of carbonyl (C=O) groups excluding carboxylic acids is 1. The van der Waals surface area contributed by atoms with E-state index in [0.717, 1.165) is 19.5 Å². The second-order valence-electron chi connectivity index (χ2n) is 6.77. The van der Waals surface area contributed by atoms with E-state index < -0.39 is 11.7 Å². The van der Waals surface area contributed by atoms with E-state index in [1.165, 1.54) is 11.1 Å². The van der Waals surface area contributed by atoms with E-state index in [2.05, 4.69) is 46.6 Å². The summed E-state index contributed by atoms with van der Waals surface area (Å²) >= 11 is 0. The average molecular weight is 349 g/mol. The van der Waals surface area contributed by atoms with Crippen LogP contribution in [0.5, 0.6) is 0 Å². The summed E-state index contributed by atoms with van der Waals surface area (Å²) in [5.41, 5.74) is 1.95. The number of nitrogens with zero attached hydrogens (tertiary/aromatic N) is 1. The Bertz CT molecular complexity index is 510. The highest BCUT2D eigenvalue weighted by molar-refractivity contribution is 5.67. The molecule has 0 fully saturated rings. The van der Waals surface area contributed by atoms with E-state index in [-0.39, 0.29) is 0 Å². The monoisotopic (exact) mass is 349 g/mol. The van der Waals surface area contributed by atoms with E-state index in [9.17, 15) is 4.79 Å². The lowest BCUT2D eigenvalue weighted by atomic mass is 10.1. The fourth-order valence-electron chi connectivity index (χ4n) is 2.07. The fraction of sp³-hybridized carbons (Fsp3) is 0.579. The third kappa shape index (κ3) is 11.3. The van der Waals surface area contributed by atoms with Gasteiger partial charge in [-0.15, -0.1) is 0 Å². The van der Waals surface area contributed by atoms with Crippen molar-refractivity contribution in [1.82, 2.24) is 10.6 Å². The Morgan fingerprint density at radius 1 is 1.12 bits per heavy atom. The molecule has 6 heteroatoms. The minimum absolute atomic E-state index is 0.410. The van der Waals surface area contributed by atoms with Crippen molar-refractivity contribution in [2.75, 3.05) is 26.3 Å². The summed E-state index contributed by atoms with van der Waals surface area (Å²) in [5, 5.41) is 6.05. The van der Waals surface area contributed by atoms with E-state index in [4.69, 9.17) is 9.47 Å². The highest BCUT2D eigenvalue weighted by Gasteiger charge is 2.15. The normalized spacial score (nSPS) is 11.2. The first kappa shape index (κ1) is 21.1. The maximum atomic E-state index is 11.4. The molecule has 6 nitrogen and oxygen atoms in total. The molecule has 0 saturated heterocycles. The Morgan fingerprint density at radius 3 is 2.44 bits per heavy atom. The topological polar surface area (TPSA) is 72.0 Å². The Hall–Kier alpha value is -1.92. The Labute approximate surface area is 151 Å². The molecule has 0 aliphatic carbocycles. The zero-order chi connectivity index (χ0) is 18.5. The van der Waals surface area contributed by atoms with Crippen molar-refractivity contribution in [2.45, 2.75) is 45.9 Å². The molecular formula is C19H31N3O3. The number of hydrogen-bond acceptors (Lipinski definition) is 5. The van der Waals surface area contributed by atoms with Crippen molar-refractivity contribution in [2.24, 2.45) is 4.99 Å². The summed E-state index contributed by atoms with van der Waals surface area (Å²) in [7, 11) is 0. The first-order valence-corrected chi connectivity index (χ1v) is 8.66. The van der Waals surface area contributed by atoms with Crippen molar-refractivity contribution >= 4 is 12.8 Å². The van der Waals surface area contributed by atoms with Gasteiger partial charge in [0.1, 0.15) is 5.60 Å². The summed E-state index contributed by atoms with van der Waals surface area (Å²) in [6, 6.07) is 8.36. The Kier molecular flexibility index (Phi) is 9.80. The number of alkyl carbamates (subject to hydrolysis) is 1. The summed E-state index contributed by atoms with van der Waals surface area (Å²) in [4.78, 5) is 15.3. The third-order valence-electron chi connectivity index (χ3n) is 3.20. The summed E-state index contributed by atoms with van der Waals surface area (Å²) in [6.07, 6.45) is 0.512. The largest absolute Gasteiger partial charge is 0.444 e. The molecule has 0 aromatic heterocycles. The Balaban J connectivity index is 1.96. The van der Waals surface area contributed by atoms with Crippen LogP contribution >= 0.6 is 0 Å². The van der Waals surface area contributed by atoms with Crippen LogP contribution in [0.3, 0.4) is 0 Å². The molecule has 0 aliphatic rings. The van der Waals surface area contributed by atoms with Gasteiger partial charge in [-0.25, -0.2) is 4.79 Å². The lowest BCUT2D eigenvalue weighted by Crippen LogP contribution is -2.34. The molecule has 0 atom stereocenters. The third-order valence-corrected chi connectivity index (χ3v) is 3.20. The second-order valence-corrected chi connectivity index (χ2v) is 6.77. The van der Waals surface area contributed by atoms with Gasteiger partial charge in [-0.05, 0) is 51.6 Å². The highest BCUT2D eigenvalue weighted by Crippen LogP contribution is 2.06. The van der Waals surface area contributed by atoms with Gasteiger partial charge in [0, 0.05) is 19.7 Å². The van der Waals surface area contributed by atoms with Gasteiger partial charge in [-0.1, -0.05) is 24.3 Å². The maximum absolute atomic E-state index is 11.4. The predicted octanol–water partition coefficient (Wildman–Crippen LogP) is 2.91. The van der Waals surface area contributed by atoms with Crippen LogP contribution in [0.1, 0.15) is 38.3 Å². The lowest BCUT2D eigenvalue weighted by molar-refractivity contribution is 0.0499. The molecule has 0 radical (unpaired) electrons. The van der Waals surface area contributed by atoms with Gasteiger partial charge in [-0.2, -0.15) is 0 Å². The quantitative estimate of drug-likeness (QED) is 0.476. The van der Waals surface area contributed by atoms with E-state index in [0.29, 0.717) is 26.3 Å².